The summed E-state index contributed by atoms with van der Waals surface area (Å²) >= 11 is 6.14. The Morgan fingerprint density at radius 1 is 1.18 bits per heavy atom. The number of halogens is 1. The van der Waals surface area contributed by atoms with Gasteiger partial charge in [0.2, 0.25) is 5.91 Å². The van der Waals surface area contributed by atoms with Crippen LogP contribution in [0.2, 0.25) is 5.02 Å². The zero-order valence-corrected chi connectivity index (χ0v) is 16.4. The number of nitrogens with zero attached hydrogens (tertiary/aromatic N) is 2. The number of hydrogen-bond donors (Lipinski definition) is 1. The van der Waals surface area contributed by atoms with Crippen molar-refractivity contribution in [1.82, 2.24) is 4.98 Å². The van der Waals surface area contributed by atoms with Crippen LogP contribution in [0, 0.1) is 5.92 Å². The number of ether oxygens (including phenoxy) is 1. The normalized spacial score (nSPS) is 14.9. The Morgan fingerprint density at radius 2 is 1.96 bits per heavy atom. The lowest BCUT2D eigenvalue weighted by Gasteiger charge is -2.32. The summed E-state index contributed by atoms with van der Waals surface area (Å²) in [5.74, 6) is 1.60. The minimum atomic E-state index is -0.0212. The van der Waals surface area contributed by atoms with Crippen molar-refractivity contribution in [3.63, 3.8) is 0 Å². The molecule has 0 atom stereocenters. The quantitative estimate of drug-likeness (QED) is 0.692. The number of piperidine rings is 1. The van der Waals surface area contributed by atoms with Crippen LogP contribution in [-0.2, 0) is 4.79 Å². The minimum Gasteiger partial charge on any atom is -0.495 e. The molecule has 0 saturated carbocycles. The maximum atomic E-state index is 12.7. The molecule has 0 unspecified atom stereocenters. The second-order valence-corrected chi connectivity index (χ2v) is 7.36. The molecular weight excluding hydrogens is 374 g/mol. The standard InChI is InChI=1S/C22H22ClN3O2/c1-28-20-7-6-17(14-19(20)23)25-22(27)16-9-12-26(13-10-16)21-18-5-3-2-4-15(18)8-11-24-21/h2-8,11,14,16H,9-10,12-13H2,1H3,(H,25,27). The lowest BCUT2D eigenvalue weighted by molar-refractivity contribution is -0.120. The maximum absolute atomic E-state index is 12.7. The van der Waals surface area contributed by atoms with Crippen molar-refractivity contribution in [2.75, 3.05) is 30.4 Å². The first kappa shape index (κ1) is 18.6. The van der Waals surface area contributed by atoms with Crippen molar-refractivity contribution < 1.29 is 9.53 Å². The van der Waals surface area contributed by atoms with E-state index in [2.05, 4.69) is 27.3 Å². The summed E-state index contributed by atoms with van der Waals surface area (Å²) in [7, 11) is 1.57. The highest BCUT2D eigenvalue weighted by molar-refractivity contribution is 6.32. The molecule has 1 aromatic heterocycles. The molecule has 28 heavy (non-hydrogen) atoms. The number of fused-ring (bicyclic) bond motifs is 1. The second kappa shape index (κ2) is 8.07. The van der Waals surface area contributed by atoms with E-state index in [9.17, 15) is 4.79 Å². The number of benzene rings is 2. The van der Waals surface area contributed by atoms with Crippen LogP contribution in [0.5, 0.6) is 5.75 Å². The highest BCUT2D eigenvalue weighted by atomic mass is 35.5. The molecule has 0 aliphatic carbocycles. The highest BCUT2D eigenvalue weighted by Crippen LogP contribution is 2.30. The van der Waals surface area contributed by atoms with Crippen molar-refractivity contribution >= 4 is 39.8 Å². The topological polar surface area (TPSA) is 54.5 Å². The Morgan fingerprint density at radius 3 is 2.71 bits per heavy atom. The van der Waals surface area contributed by atoms with E-state index in [0.29, 0.717) is 16.5 Å². The molecule has 2 aromatic carbocycles. The molecule has 1 fully saturated rings. The van der Waals surface area contributed by atoms with E-state index in [1.807, 2.05) is 24.4 Å². The van der Waals surface area contributed by atoms with Gasteiger partial charge in [-0.2, -0.15) is 0 Å². The molecule has 1 saturated heterocycles. The Labute approximate surface area is 169 Å². The fraction of sp³-hybridized carbons (Fsp3) is 0.273. The third-order valence-electron chi connectivity index (χ3n) is 5.24. The summed E-state index contributed by atoms with van der Waals surface area (Å²) in [4.78, 5) is 19.5. The van der Waals surface area contributed by atoms with E-state index in [-0.39, 0.29) is 11.8 Å². The number of methoxy groups -OCH3 is 1. The van der Waals surface area contributed by atoms with Gasteiger partial charge in [0.05, 0.1) is 12.1 Å². The number of carbonyl (C=O) groups is 1. The molecule has 0 bridgehead atoms. The largest absolute Gasteiger partial charge is 0.495 e. The molecule has 1 N–H and O–H groups in total. The molecule has 0 spiro atoms. The summed E-state index contributed by atoms with van der Waals surface area (Å²) < 4.78 is 5.15. The van der Waals surface area contributed by atoms with Crippen molar-refractivity contribution in [3.05, 3.63) is 59.8 Å². The van der Waals surface area contributed by atoms with E-state index in [1.54, 1.807) is 25.3 Å². The molecule has 1 aliphatic heterocycles. The fourth-order valence-corrected chi connectivity index (χ4v) is 3.96. The minimum absolute atomic E-state index is 0.0212. The van der Waals surface area contributed by atoms with E-state index >= 15 is 0 Å². The molecule has 3 aromatic rings. The lowest BCUT2D eigenvalue weighted by Crippen LogP contribution is -2.38. The first-order valence-electron chi connectivity index (χ1n) is 9.39. The fourth-order valence-electron chi connectivity index (χ4n) is 3.70. The first-order valence-corrected chi connectivity index (χ1v) is 9.76. The maximum Gasteiger partial charge on any atom is 0.227 e. The third kappa shape index (κ3) is 3.76. The van der Waals surface area contributed by atoms with Crippen LogP contribution in [0.3, 0.4) is 0 Å². The Balaban J connectivity index is 1.41. The van der Waals surface area contributed by atoms with Crippen molar-refractivity contribution in [2.24, 2.45) is 5.92 Å². The number of nitrogens with one attached hydrogen (secondary N) is 1. The number of carbonyl (C=O) groups excluding carboxylic acids is 1. The van der Waals surface area contributed by atoms with Gasteiger partial charge in [-0.25, -0.2) is 4.98 Å². The van der Waals surface area contributed by atoms with E-state index in [0.717, 1.165) is 37.1 Å². The van der Waals surface area contributed by atoms with Gasteiger partial charge in [0.25, 0.3) is 0 Å². The van der Waals surface area contributed by atoms with Crippen LogP contribution < -0.4 is 15.0 Å². The average Bonchev–Trinajstić information content (AvgIpc) is 2.73. The zero-order chi connectivity index (χ0) is 19.5. The number of hydrogen-bond acceptors (Lipinski definition) is 4. The van der Waals surface area contributed by atoms with Crippen LogP contribution in [0.1, 0.15) is 12.8 Å². The number of anilines is 2. The van der Waals surface area contributed by atoms with Gasteiger partial charge < -0.3 is 15.0 Å². The summed E-state index contributed by atoms with van der Waals surface area (Å²) in [5, 5.41) is 5.80. The van der Waals surface area contributed by atoms with Gasteiger partial charge in [-0.1, -0.05) is 35.9 Å². The molecule has 6 heteroatoms. The number of rotatable bonds is 4. The predicted octanol–water partition coefficient (Wildman–Crippen LogP) is 4.75. The zero-order valence-electron chi connectivity index (χ0n) is 15.7. The molecular formula is C22H22ClN3O2. The summed E-state index contributed by atoms with van der Waals surface area (Å²) in [6, 6.07) is 15.6. The molecule has 4 rings (SSSR count). The molecule has 0 radical (unpaired) electrons. The smallest absolute Gasteiger partial charge is 0.227 e. The second-order valence-electron chi connectivity index (χ2n) is 6.96. The van der Waals surface area contributed by atoms with Crippen molar-refractivity contribution in [1.29, 1.82) is 0 Å². The molecule has 1 amide bonds. The third-order valence-corrected chi connectivity index (χ3v) is 5.53. The Kier molecular flexibility index (Phi) is 5.35. The monoisotopic (exact) mass is 395 g/mol. The lowest BCUT2D eigenvalue weighted by atomic mass is 9.95. The average molecular weight is 396 g/mol. The summed E-state index contributed by atoms with van der Waals surface area (Å²) in [5.41, 5.74) is 0.689. The number of amides is 1. The van der Waals surface area contributed by atoms with Crippen molar-refractivity contribution in [2.45, 2.75) is 12.8 Å². The number of aromatic nitrogens is 1. The van der Waals surface area contributed by atoms with Crippen molar-refractivity contribution in [3.8, 4) is 5.75 Å². The Hall–Kier alpha value is -2.79. The Bertz CT molecular complexity index is 995. The summed E-state index contributed by atoms with van der Waals surface area (Å²) in [6.45, 7) is 1.62. The van der Waals surface area contributed by atoms with Crippen LogP contribution in [0.15, 0.2) is 54.7 Å². The van der Waals surface area contributed by atoms with Gasteiger partial charge in [0.1, 0.15) is 11.6 Å². The van der Waals surface area contributed by atoms with E-state index < -0.39 is 0 Å². The van der Waals surface area contributed by atoms with Crippen LogP contribution in [0.25, 0.3) is 10.8 Å². The van der Waals surface area contributed by atoms with Gasteiger partial charge in [0, 0.05) is 36.3 Å². The molecule has 144 valence electrons. The van der Waals surface area contributed by atoms with Crippen LogP contribution >= 0.6 is 11.6 Å². The van der Waals surface area contributed by atoms with E-state index in [4.69, 9.17) is 16.3 Å². The SMILES string of the molecule is COc1ccc(NC(=O)C2CCN(c3nccc4ccccc34)CC2)cc1Cl. The van der Waals surface area contributed by atoms with Crippen LogP contribution in [-0.4, -0.2) is 31.1 Å². The summed E-state index contributed by atoms with van der Waals surface area (Å²) in [6.07, 6.45) is 3.44. The number of pyridine rings is 1. The first-order chi connectivity index (χ1) is 13.7. The highest BCUT2D eigenvalue weighted by Gasteiger charge is 2.26. The molecule has 1 aliphatic rings. The van der Waals surface area contributed by atoms with Crippen LogP contribution in [0.4, 0.5) is 11.5 Å². The van der Waals surface area contributed by atoms with Gasteiger partial charge in [0.15, 0.2) is 0 Å². The van der Waals surface area contributed by atoms with Gasteiger partial charge >= 0.3 is 0 Å². The van der Waals surface area contributed by atoms with Gasteiger partial charge in [-0.3, -0.25) is 4.79 Å². The predicted molar refractivity (Wildman–Crippen MR) is 113 cm³/mol. The van der Waals surface area contributed by atoms with Gasteiger partial charge in [-0.05, 0) is 42.5 Å². The van der Waals surface area contributed by atoms with Gasteiger partial charge in [-0.15, -0.1) is 0 Å². The molecule has 5 nitrogen and oxygen atoms in total. The van der Waals surface area contributed by atoms with E-state index in [1.165, 1.54) is 5.39 Å². The molecule has 2 heterocycles.